The van der Waals surface area contributed by atoms with Crippen LogP contribution in [0.2, 0.25) is 0 Å². The number of esters is 1. The summed E-state index contributed by atoms with van der Waals surface area (Å²) in [6, 6.07) is 6.35. The van der Waals surface area contributed by atoms with Crippen LogP contribution in [0.15, 0.2) is 29.6 Å². The van der Waals surface area contributed by atoms with Gasteiger partial charge in [-0.3, -0.25) is 4.79 Å². The molecule has 0 fully saturated rings. The van der Waals surface area contributed by atoms with E-state index in [4.69, 9.17) is 0 Å². The van der Waals surface area contributed by atoms with Gasteiger partial charge in [-0.2, -0.15) is 0 Å². The molecule has 20 heavy (non-hydrogen) atoms. The summed E-state index contributed by atoms with van der Waals surface area (Å²) in [5, 5.41) is 14.0. The van der Waals surface area contributed by atoms with Gasteiger partial charge in [-0.05, 0) is 30.5 Å². The molecule has 0 aliphatic rings. The number of thiophene rings is 1. The highest BCUT2D eigenvalue weighted by atomic mass is 32.1. The third kappa shape index (κ3) is 2.80. The summed E-state index contributed by atoms with van der Waals surface area (Å²) in [7, 11) is 1.28. The van der Waals surface area contributed by atoms with E-state index >= 15 is 0 Å². The Hall–Kier alpha value is -2.34. The molecule has 1 aromatic heterocycles. The maximum Gasteiger partial charge on any atom is 0.350 e. The zero-order chi connectivity index (χ0) is 14.7. The summed E-state index contributed by atoms with van der Waals surface area (Å²) >= 11 is 1.17. The molecule has 0 aliphatic carbocycles. The number of rotatable bonds is 3. The Kier molecular flexibility index (Phi) is 4.05. The summed E-state index contributed by atoms with van der Waals surface area (Å²) in [4.78, 5) is 24.0. The van der Waals surface area contributed by atoms with Gasteiger partial charge in [0.05, 0.1) is 18.4 Å². The average Bonchev–Trinajstić information content (AvgIpc) is 2.88. The Balaban J connectivity index is 2.26. The zero-order valence-electron chi connectivity index (χ0n) is 11.0. The summed E-state index contributed by atoms with van der Waals surface area (Å²) in [5.41, 5.74) is 1.38. The number of methoxy groups -OCH3 is 1. The summed E-state index contributed by atoms with van der Waals surface area (Å²) in [5.74, 6) is -1.10. The molecule has 0 saturated heterocycles. The second kappa shape index (κ2) is 5.75. The molecule has 0 bridgehead atoms. The van der Waals surface area contributed by atoms with Crippen LogP contribution in [0.3, 0.4) is 0 Å². The Morgan fingerprint density at radius 3 is 2.75 bits per heavy atom. The number of benzene rings is 1. The van der Waals surface area contributed by atoms with Gasteiger partial charge in [0.25, 0.3) is 5.91 Å². The third-order valence-corrected chi connectivity index (χ3v) is 3.58. The standard InChI is InChI=1S/C14H13NO4S/c1-8-3-4-11(16)9(7-8)13(17)15-10-5-6-20-12(10)14(18)19-2/h3-7,16H,1-2H3,(H,15,17). The van der Waals surface area contributed by atoms with Crippen molar-refractivity contribution in [2.24, 2.45) is 0 Å². The van der Waals surface area contributed by atoms with Crippen molar-refractivity contribution in [3.05, 3.63) is 45.6 Å². The Bertz CT molecular complexity index is 663. The van der Waals surface area contributed by atoms with Crippen molar-refractivity contribution in [3.8, 4) is 5.75 Å². The summed E-state index contributed by atoms with van der Waals surface area (Å²) in [6.45, 7) is 1.82. The van der Waals surface area contributed by atoms with Gasteiger partial charge >= 0.3 is 5.97 Å². The fraction of sp³-hybridized carbons (Fsp3) is 0.143. The number of carbonyl (C=O) groups excluding carboxylic acids is 2. The maximum atomic E-state index is 12.1. The first-order valence-corrected chi connectivity index (χ1v) is 6.67. The minimum atomic E-state index is -0.510. The van der Waals surface area contributed by atoms with Crippen LogP contribution in [0.25, 0.3) is 0 Å². The monoisotopic (exact) mass is 291 g/mol. The minimum absolute atomic E-state index is 0.108. The molecule has 0 unspecified atom stereocenters. The first kappa shape index (κ1) is 14.1. The van der Waals surface area contributed by atoms with E-state index in [-0.39, 0.29) is 11.3 Å². The van der Waals surface area contributed by atoms with Crippen molar-refractivity contribution >= 4 is 28.9 Å². The number of amides is 1. The van der Waals surface area contributed by atoms with Crippen LogP contribution in [0.1, 0.15) is 25.6 Å². The van der Waals surface area contributed by atoms with E-state index in [2.05, 4.69) is 10.1 Å². The Morgan fingerprint density at radius 2 is 2.05 bits per heavy atom. The lowest BCUT2D eigenvalue weighted by molar-refractivity contribution is 0.0607. The molecule has 0 spiro atoms. The highest BCUT2D eigenvalue weighted by molar-refractivity contribution is 7.12. The molecular formula is C14H13NO4S. The number of phenolic OH excluding ortho intramolecular Hbond substituents is 1. The molecule has 0 saturated carbocycles. The van der Waals surface area contributed by atoms with E-state index in [0.29, 0.717) is 10.6 Å². The molecule has 2 N–H and O–H groups in total. The van der Waals surface area contributed by atoms with E-state index in [0.717, 1.165) is 5.56 Å². The predicted molar refractivity (Wildman–Crippen MR) is 76.5 cm³/mol. The number of hydrogen-bond acceptors (Lipinski definition) is 5. The van der Waals surface area contributed by atoms with Crippen molar-refractivity contribution in [2.45, 2.75) is 6.92 Å². The van der Waals surface area contributed by atoms with E-state index in [1.165, 1.54) is 24.5 Å². The number of nitrogens with one attached hydrogen (secondary N) is 1. The lowest BCUT2D eigenvalue weighted by atomic mass is 10.1. The molecule has 104 valence electrons. The molecule has 0 radical (unpaired) electrons. The third-order valence-electron chi connectivity index (χ3n) is 2.68. The van der Waals surface area contributed by atoms with Crippen LogP contribution in [0, 0.1) is 6.92 Å². The number of aryl methyl sites for hydroxylation is 1. The first-order chi connectivity index (χ1) is 9.52. The number of carbonyl (C=O) groups is 2. The number of ether oxygens (including phenoxy) is 1. The molecule has 5 nitrogen and oxygen atoms in total. The quantitative estimate of drug-likeness (QED) is 0.853. The first-order valence-electron chi connectivity index (χ1n) is 5.79. The summed E-state index contributed by atoms with van der Waals surface area (Å²) < 4.78 is 4.64. The number of anilines is 1. The van der Waals surface area contributed by atoms with Gasteiger partial charge < -0.3 is 15.2 Å². The van der Waals surface area contributed by atoms with Crippen LogP contribution in [0.5, 0.6) is 5.75 Å². The fourth-order valence-electron chi connectivity index (χ4n) is 1.68. The molecule has 0 aliphatic heterocycles. The second-order valence-corrected chi connectivity index (χ2v) is 5.05. The largest absolute Gasteiger partial charge is 0.507 e. The zero-order valence-corrected chi connectivity index (χ0v) is 11.8. The highest BCUT2D eigenvalue weighted by Crippen LogP contribution is 2.25. The average molecular weight is 291 g/mol. The van der Waals surface area contributed by atoms with Gasteiger partial charge in [-0.25, -0.2) is 4.79 Å². The highest BCUT2D eigenvalue weighted by Gasteiger charge is 2.18. The lowest BCUT2D eigenvalue weighted by Gasteiger charge is -2.07. The molecule has 2 aromatic rings. The predicted octanol–water partition coefficient (Wildman–Crippen LogP) is 2.80. The fourth-order valence-corrected chi connectivity index (χ4v) is 2.45. The minimum Gasteiger partial charge on any atom is -0.507 e. The van der Waals surface area contributed by atoms with Crippen LogP contribution in [0.4, 0.5) is 5.69 Å². The van der Waals surface area contributed by atoms with Gasteiger partial charge in [0.15, 0.2) is 0 Å². The van der Waals surface area contributed by atoms with Gasteiger partial charge in [-0.1, -0.05) is 11.6 Å². The Labute approximate surface area is 119 Å². The molecular weight excluding hydrogens is 278 g/mol. The smallest absolute Gasteiger partial charge is 0.350 e. The van der Waals surface area contributed by atoms with Crippen molar-refractivity contribution in [3.63, 3.8) is 0 Å². The van der Waals surface area contributed by atoms with Gasteiger partial charge in [0.1, 0.15) is 10.6 Å². The number of phenols is 1. The van der Waals surface area contributed by atoms with Gasteiger partial charge in [0, 0.05) is 0 Å². The SMILES string of the molecule is COC(=O)c1sccc1NC(=O)c1cc(C)ccc1O. The van der Waals surface area contributed by atoms with E-state index in [1.54, 1.807) is 23.6 Å². The molecule has 2 rings (SSSR count). The topological polar surface area (TPSA) is 75.6 Å². The van der Waals surface area contributed by atoms with Gasteiger partial charge in [0.2, 0.25) is 0 Å². The van der Waals surface area contributed by atoms with Crippen molar-refractivity contribution in [2.75, 3.05) is 12.4 Å². The molecule has 1 amide bonds. The van der Waals surface area contributed by atoms with Crippen LogP contribution < -0.4 is 5.32 Å². The summed E-state index contributed by atoms with van der Waals surface area (Å²) in [6.07, 6.45) is 0. The second-order valence-electron chi connectivity index (χ2n) is 4.13. The lowest BCUT2D eigenvalue weighted by Crippen LogP contribution is -2.14. The van der Waals surface area contributed by atoms with E-state index < -0.39 is 11.9 Å². The molecule has 0 atom stereocenters. The normalized spacial score (nSPS) is 10.1. The molecule has 6 heteroatoms. The van der Waals surface area contributed by atoms with E-state index in [1.807, 2.05) is 6.92 Å². The number of aromatic hydroxyl groups is 1. The maximum absolute atomic E-state index is 12.1. The van der Waals surface area contributed by atoms with E-state index in [9.17, 15) is 14.7 Å². The molecule has 1 heterocycles. The van der Waals surface area contributed by atoms with Crippen molar-refractivity contribution in [1.82, 2.24) is 0 Å². The number of hydrogen-bond donors (Lipinski definition) is 2. The van der Waals surface area contributed by atoms with Crippen molar-refractivity contribution in [1.29, 1.82) is 0 Å². The van der Waals surface area contributed by atoms with Crippen LogP contribution in [-0.4, -0.2) is 24.1 Å². The van der Waals surface area contributed by atoms with Crippen LogP contribution >= 0.6 is 11.3 Å². The molecule has 1 aromatic carbocycles. The van der Waals surface area contributed by atoms with Crippen molar-refractivity contribution < 1.29 is 19.4 Å². The Morgan fingerprint density at radius 1 is 1.30 bits per heavy atom. The van der Waals surface area contributed by atoms with Gasteiger partial charge in [-0.15, -0.1) is 11.3 Å². The van der Waals surface area contributed by atoms with Crippen LogP contribution in [-0.2, 0) is 4.74 Å².